The number of nitrogens with zero attached hydrogens (tertiary/aromatic N) is 3. The molecule has 0 N–H and O–H groups in total. The predicted molar refractivity (Wildman–Crippen MR) is 136 cm³/mol. The van der Waals surface area contributed by atoms with Gasteiger partial charge in [-0.1, -0.05) is 113 Å². The molecule has 1 aromatic carbocycles. The molecule has 32 heavy (non-hydrogen) atoms. The van der Waals surface area contributed by atoms with Gasteiger partial charge in [0.2, 0.25) is 5.91 Å². The van der Waals surface area contributed by atoms with Crippen LogP contribution in [0.25, 0.3) is 11.0 Å². The first-order valence-electron chi connectivity index (χ1n) is 13.3. The number of hydrogen-bond acceptors (Lipinski definition) is 3. The number of allylic oxidation sites excluding steroid dienone is 2. The summed E-state index contributed by atoms with van der Waals surface area (Å²) >= 11 is 0. The molecule has 0 unspecified atom stereocenters. The van der Waals surface area contributed by atoms with Crippen molar-refractivity contribution in [2.24, 2.45) is 0 Å². The molecular formula is C28H45N3O. The Balaban J connectivity index is 1.35. The lowest BCUT2D eigenvalue weighted by Gasteiger charge is -2.02. The van der Waals surface area contributed by atoms with E-state index in [4.69, 9.17) is 0 Å². The van der Waals surface area contributed by atoms with Crippen molar-refractivity contribution in [3.8, 4) is 0 Å². The van der Waals surface area contributed by atoms with Crippen LogP contribution in [-0.4, -0.2) is 20.9 Å². The van der Waals surface area contributed by atoms with Crippen LogP contribution >= 0.6 is 0 Å². The zero-order valence-electron chi connectivity index (χ0n) is 20.4. The van der Waals surface area contributed by atoms with Crippen LogP contribution in [0.4, 0.5) is 0 Å². The lowest BCUT2D eigenvalue weighted by molar-refractivity contribution is 0.0886. The van der Waals surface area contributed by atoms with Crippen molar-refractivity contribution in [3.05, 3.63) is 36.4 Å². The van der Waals surface area contributed by atoms with E-state index in [1.807, 2.05) is 24.3 Å². The van der Waals surface area contributed by atoms with Gasteiger partial charge in [-0.15, -0.1) is 5.10 Å². The van der Waals surface area contributed by atoms with Crippen LogP contribution < -0.4 is 0 Å². The zero-order valence-corrected chi connectivity index (χ0v) is 20.4. The van der Waals surface area contributed by atoms with E-state index in [-0.39, 0.29) is 5.91 Å². The summed E-state index contributed by atoms with van der Waals surface area (Å²) in [6, 6.07) is 7.62. The van der Waals surface area contributed by atoms with E-state index in [1.165, 1.54) is 101 Å². The SMILES string of the molecule is CCCCCCCCCCC/C=C/CCCCCCCCC(=O)n1nnc2ccccc21. The van der Waals surface area contributed by atoms with Crippen molar-refractivity contribution in [2.75, 3.05) is 0 Å². The maximum absolute atomic E-state index is 12.4. The molecule has 0 saturated heterocycles. The van der Waals surface area contributed by atoms with Crippen LogP contribution in [0, 0.1) is 0 Å². The molecule has 1 aromatic heterocycles. The molecule has 0 spiro atoms. The highest BCUT2D eigenvalue weighted by atomic mass is 16.2. The van der Waals surface area contributed by atoms with Gasteiger partial charge in [0, 0.05) is 6.42 Å². The van der Waals surface area contributed by atoms with Crippen molar-refractivity contribution in [1.29, 1.82) is 0 Å². The number of fused-ring (bicyclic) bond motifs is 1. The number of carbonyl (C=O) groups is 1. The topological polar surface area (TPSA) is 47.8 Å². The van der Waals surface area contributed by atoms with E-state index in [1.54, 1.807) is 0 Å². The molecular weight excluding hydrogens is 394 g/mol. The third-order valence-corrected chi connectivity index (χ3v) is 6.24. The van der Waals surface area contributed by atoms with E-state index in [9.17, 15) is 4.79 Å². The largest absolute Gasteiger partial charge is 0.273 e. The first kappa shape index (κ1) is 26.3. The summed E-state index contributed by atoms with van der Waals surface area (Å²) in [5.41, 5.74) is 1.59. The number of benzene rings is 1. The van der Waals surface area contributed by atoms with E-state index < -0.39 is 0 Å². The molecule has 2 aromatic rings. The summed E-state index contributed by atoms with van der Waals surface area (Å²) in [5, 5.41) is 8.07. The Morgan fingerprint density at radius 2 is 1.28 bits per heavy atom. The first-order valence-corrected chi connectivity index (χ1v) is 13.3. The predicted octanol–water partition coefficient (Wildman–Crippen LogP) is 8.67. The number of unbranched alkanes of at least 4 members (excludes halogenated alkanes) is 15. The van der Waals surface area contributed by atoms with Crippen LogP contribution in [0.2, 0.25) is 0 Å². The van der Waals surface area contributed by atoms with Gasteiger partial charge in [-0.25, -0.2) is 0 Å². The molecule has 4 heteroatoms. The van der Waals surface area contributed by atoms with Crippen molar-refractivity contribution in [3.63, 3.8) is 0 Å². The Hall–Kier alpha value is -1.97. The highest BCUT2D eigenvalue weighted by Gasteiger charge is 2.10. The molecule has 0 aliphatic heterocycles. The number of aromatic nitrogens is 3. The Kier molecular flexibility index (Phi) is 14.4. The molecule has 1 heterocycles. The molecule has 0 saturated carbocycles. The molecule has 0 atom stereocenters. The second-order valence-corrected chi connectivity index (χ2v) is 9.13. The minimum atomic E-state index is 0.0517. The molecule has 0 bridgehead atoms. The van der Waals surface area contributed by atoms with E-state index >= 15 is 0 Å². The summed E-state index contributed by atoms with van der Waals surface area (Å²) in [4.78, 5) is 12.4. The van der Waals surface area contributed by atoms with Gasteiger partial charge in [0.05, 0.1) is 5.52 Å². The van der Waals surface area contributed by atoms with Gasteiger partial charge in [-0.2, -0.15) is 4.68 Å². The fourth-order valence-electron chi connectivity index (χ4n) is 4.21. The number of carbonyl (C=O) groups excluding carboxylic acids is 1. The van der Waals surface area contributed by atoms with Crippen LogP contribution in [-0.2, 0) is 0 Å². The molecule has 178 valence electrons. The second-order valence-electron chi connectivity index (χ2n) is 9.13. The Morgan fingerprint density at radius 1 is 0.750 bits per heavy atom. The average molecular weight is 440 g/mol. The monoisotopic (exact) mass is 439 g/mol. The maximum Gasteiger partial charge on any atom is 0.248 e. The molecule has 2 rings (SSSR count). The van der Waals surface area contributed by atoms with Crippen molar-refractivity contribution in [2.45, 2.75) is 122 Å². The van der Waals surface area contributed by atoms with Gasteiger partial charge >= 0.3 is 0 Å². The summed E-state index contributed by atoms with van der Waals surface area (Å²) in [7, 11) is 0. The van der Waals surface area contributed by atoms with Crippen LogP contribution in [0.1, 0.15) is 127 Å². The van der Waals surface area contributed by atoms with Crippen LogP contribution in [0.3, 0.4) is 0 Å². The molecule has 4 nitrogen and oxygen atoms in total. The lowest BCUT2D eigenvalue weighted by Crippen LogP contribution is -2.12. The van der Waals surface area contributed by atoms with Crippen molar-refractivity contribution in [1.82, 2.24) is 15.0 Å². The fraction of sp³-hybridized carbons (Fsp3) is 0.679. The normalized spacial score (nSPS) is 11.7. The molecule has 0 aliphatic carbocycles. The summed E-state index contributed by atoms with van der Waals surface area (Å²) in [5.74, 6) is 0.0517. The number of para-hydroxylation sites is 1. The Labute approximate surface area is 195 Å². The minimum Gasteiger partial charge on any atom is -0.273 e. The van der Waals surface area contributed by atoms with Crippen LogP contribution in [0.5, 0.6) is 0 Å². The van der Waals surface area contributed by atoms with Gasteiger partial charge in [0.25, 0.3) is 0 Å². The van der Waals surface area contributed by atoms with Gasteiger partial charge in [-0.05, 0) is 44.2 Å². The minimum absolute atomic E-state index is 0.0517. The van der Waals surface area contributed by atoms with Gasteiger partial charge < -0.3 is 0 Å². The molecule has 0 aliphatic rings. The van der Waals surface area contributed by atoms with E-state index in [0.717, 1.165) is 23.9 Å². The standard InChI is InChI=1S/C28H45N3O/c1-2-3-4-5-6-7-8-9-10-11-12-13-14-15-16-17-18-19-20-25-28(32)31-27-24-22-21-23-26(27)29-30-31/h12-13,21-24H,2-11,14-20,25H2,1H3/b13-12+. The summed E-state index contributed by atoms with van der Waals surface area (Å²) in [6.45, 7) is 2.28. The molecule has 0 fully saturated rings. The van der Waals surface area contributed by atoms with Crippen molar-refractivity contribution >= 4 is 16.9 Å². The molecule has 0 radical (unpaired) electrons. The van der Waals surface area contributed by atoms with Gasteiger partial charge in [0.15, 0.2) is 0 Å². The lowest BCUT2D eigenvalue weighted by atomic mass is 10.1. The van der Waals surface area contributed by atoms with Crippen molar-refractivity contribution < 1.29 is 4.79 Å². The number of rotatable bonds is 19. The fourth-order valence-corrected chi connectivity index (χ4v) is 4.21. The maximum atomic E-state index is 12.4. The Bertz CT molecular complexity index is 765. The highest BCUT2D eigenvalue weighted by molar-refractivity contribution is 5.88. The van der Waals surface area contributed by atoms with Gasteiger partial charge in [-0.3, -0.25) is 4.79 Å². The number of hydrogen-bond donors (Lipinski definition) is 0. The summed E-state index contributed by atoms with van der Waals surface area (Å²) in [6.07, 6.45) is 27.6. The smallest absolute Gasteiger partial charge is 0.248 e. The highest BCUT2D eigenvalue weighted by Crippen LogP contribution is 2.14. The zero-order chi connectivity index (χ0) is 22.7. The van der Waals surface area contributed by atoms with Crippen LogP contribution in [0.15, 0.2) is 36.4 Å². The van der Waals surface area contributed by atoms with Gasteiger partial charge in [0.1, 0.15) is 5.52 Å². The third kappa shape index (κ3) is 11.1. The third-order valence-electron chi connectivity index (χ3n) is 6.24. The summed E-state index contributed by atoms with van der Waals surface area (Å²) < 4.78 is 1.45. The second kappa shape index (κ2) is 17.6. The Morgan fingerprint density at radius 3 is 1.91 bits per heavy atom. The van der Waals surface area contributed by atoms with E-state index in [2.05, 4.69) is 29.4 Å². The van der Waals surface area contributed by atoms with E-state index in [0.29, 0.717) is 6.42 Å². The quantitative estimate of drug-likeness (QED) is 0.162. The molecule has 0 amide bonds. The first-order chi connectivity index (χ1) is 15.8. The average Bonchev–Trinajstić information content (AvgIpc) is 3.25.